The number of carbonyl (C=O) groups is 1. The highest BCUT2D eigenvalue weighted by Gasteiger charge is 2.40. The number of rotatable bonds is 13. The summed E-state index contributed by atoms with van der Waals surface area (Å²) in [5.74, 6) is 5.34. The van der Waals surface area contributed by atoms with Crippen LogP contribution in [0, 0.1) is 11.8 Å². The van der Waals surface area contributed by atoms with Gasteiger partial charge in [0.1, 0.15) is 6.10 Å². The minimum absolute atomic E-state index is 0.0890. The SMILES string of the molecule is CCCCC[C@@H](/C=C/C#C/C=C/C=C/[C@H]1OC(C)(C)O[C@H]1CCCC(=O)OC)O[Si](C)(C)C(C)(C)C. The van der Waals surface area contributed by atoms with Gasteiger partial charge in [0.25, 0.3) is 0 Å². The summed E-state index contributed by atoms with van der Waals surface area (Å²) in [5.41, 5.74) is 0. The maximum atomic E-state index is 11.4. The van der Waals surface area contributed by atoms with Crippen LogP contribution < -0.4 is 0 Å². The Morgan fingerprint density at radius 3 is 2.42 bits per heavy atom. The van der Waals surface area contributed by atoms with E-state index in [9.17, 15) is 4.79 Å². The zero-order chi connectivity index (χ0) is 27.2. The molecule has 0 unspecified atom stereocenters. The molecule has 1 aliphatic rings. The highest BCUT2D eigenvalue weighted by atomic mass is 28.4. The maximum Gasteiger partial charge on any atom is 0.305 e. The largest absolute Gasteiger partial charge is 0.469 e. The van der Waals surface area contributed by atoms with E-state index in [0.29, 0.717) is 12.8 Å². The number of unbranched alkanes of at least 4 members (excludes halogenated alkanes) is 2. The van der Waals surface area contributed by atoms with Gasteiger partial charge in [0.15, 0.2) is 14.1 Å². The fraction of sp³-hybridized carbons (Fsp3) is 0.700. The van der Waals surface area contributed by atoms with Crippen LogP contribution in [0.3, 0.4) is 0 Å². The Hall–Kier alpha value is -1.65. The first-order chi connectivity index (χ1) is 16.8. The van der Waals surface area contributed by atoms with Crippen LogP contribution in [-0.4, -0.2) is 45.5 Å². The van der Waals surface area contributed by atoms with Crippen molar-refractivity contribution in [1.82, 2.24) is 0 Å². The number of carbonyl (C=O) groups excluding carboxylic acids is 1. The lowest BCUT2D eigenvalue weighted by Gasteiger charge is -2.38. The average Bonchev–Trinajstić information content (AvgIpc) is 3.07. The van der Waals surface area contributed by atoms with Gasteiger partial charge in [0, 0.05) is 6.42 Å². The topological polar surface area (TPSA) is 54.0 Å². The lowest BCUT2D eigenvalue weighted by Crippen LogP contribution is -2.43. The first-order valence-electron chi connectivity index (χ1n) is 13.4. The second-order valence-electron chi connectivity index (χ2n) is 11.4. The molecule has 6 heteroatoms. The van der Waals surface area contributed by atoms with E-state index in [2.05, 4.69) is 58.7 Å². The highest BCUT2D eigenvalue weighted by Crippen LogP contribution is 2.38. The molecule has 0 aromatic rings. The van der Waals surface area contributed by atoms with Crippen molar-refractivity contribution in [2.75, 3.05) is 7.11 Å². The van der Waals surface area contributed by atoms with Crippen molar-refractivity contribution >= 4 is 14.3 Å². The number of allylic oxidation sites excluding steroid dienone is 4. The third-order valence-electron chi connectivity index (χ3n) is 6.73. The number of ether oxygens (including phenoxy) is 3. The summed E-state index contributed by atoms with van der Waals surface area (Å²) in [7, 11) is -0.418. The van der Waals surface area contributed by atoms with E-state index < -0.39 is 14.1 Å². The summed E-state index contributed by atoms with van der Waals surface area (Å²) in [6, 6.07) is 0. The third-order valence-corrected chi connectivity index (χ3v) is 11.2. The average molecular weight is 519 g/mol. The molecule has 5 nitrogen and oxygen atoms in total. The van der Waals surface area contributed by atoms with Gasteiger partial charge in [-0.05, 0) is 69.5 Å². The molecule has 204 valence electrons. The molecule has 0 aliphatic carbocycles. The van der Waals surface area contributed by atoms with Crippen molar-refractivity contribution in [2.45, 2.75) is 129 Å². The van der Waals surface area contributed by atoms with Gasteiger partial charge in [-0.2, -0.15) is 0 Å². The molecule has 3 atom stereocenters. The van der Waals surface area contributed by atoms with Gasteiger partial charge in [-0.25, -0.2) is 0 Å². The van der Waals surface area contributed by atoms with Crippen LogP contribution in [0.2, 0.25) is 18.1 Å². The standard InChI is InChI=1S/C30H50O5Si/c1-10-11-16-20-25(35-36(8,9)29(2,3)4)21-17-14-12-13-15-18-22-26-27(34-30(5,6)33-26)23-19-24-28(31)32-7/h13,15,17-18,21-22,25-27H,10-11,16,19-20,23-24H2,1-9H3/b15-13+,21-17+,22-18+/t25-,26+,27-/m0/s1. The molecule has 0 N–H and O–H groups in total. The van der Waals surface area contributed by atoms with Crippen LogP contribution in [0.4, 0.5) is 0 Å². The van der Waals surface area contributed by atoms with E-state index in [0.717, 1.165) is 12.8 Å². The first kappa shape index (κ1) is 32.4. The number of esters is 1. The molecule has 0 bridgehead atoms. The lowest BCUT2D eigenvalue weighted by atomic mass is 10.1. The van der Waals surface area contributed by atoms with Crippen molar-refractivity contribution < 1.29 is 23.4 Å². The number of hydrogen-bond acceptors (Lipinski definition) is 5. The molecule has 36 heavy (non-hydrogen) atoms. The number of hydrogen-bond donors (Lipinski definition) is 0. The molecular formula is C30H50O5Si. The maximum absolute atomic E-state index is 11.4. The molecule has 0 spiro atoms. The van der Waals surface area contributed by atoms with Gasteiger partial charge < -0.3 is 18.6 Å². The second kappa shape index (κ2) is 15.6. The summed E-state index contributed by atoms with van der Waals surface area (Å²) in [6.45, 7) is 17.5. The van der Waals surface area contributed by atoms with Crippen molar-refractivity contribution in [3.8, 4) is 11.8 Å². The minimum atomic E-state index is -1.83. The van der Waals surface area contributed by atoms with E-state index in [1.54, 1.807) is 0 Å². The molecule has 0 amide bonds. The first-order valence-corrected chi connectivity index (χ1v) is 16.3. The Morgan fingerprint density at radius 2 is 1.78 bits per heavy atom. The van der Waals surface area contributed by atoms with Gasteiger partial charge >= 0.3 is 5.97 Å². The second-order valence-corrected chi connectivity index (χ2v) is 16.2. The summed E-state index contributed by atoms with van der Waals surface area (Å²) in [6.07, 6.45) is 18.0. The smallest absolute Gasteiger partial charge is 0.305 e. The Kier molecular flexibility index (Phi) is 14.0. The minimum Gasteiger partial charge on any atom is -0.469 e. The molecule has 0 radical (unpaired) electrons. The fourth-order valence-corrected chi connectivity index (χ4v) is 4.98. The zero-order valence-corrected chi connectivity index (χ0v) is 25.2. The lowest BCUT2D eigenvalue weighted by molar-refractivity contribution is -0.144. The molecule has 0 aromatic carbocycles. The van der Waals surface area contributed by atoms with Crippen molar-refractivity contribution in [3.05, 3.63) is 36.5 Å². The fourth-order valence-electron chi connectivity index (χ4n) is 3.67. The van der Waals surface area contributed by atoms with Crippen molar-refractivity contribution in [3.63, 3.8) is 0 Å². The third kappa shape index (κ3) is 12.5. The van der Waals surface area contributed by atoms with Crippen LogP contribution in [0.25, 0.3) is 0 Å². The Morgan fingerprint density at radius 1 is 1.08 bits per heavy atom. The molecule has 1 heterocycles. The van der Waals surface area contributed by atoms with Gasteiger partial charge in [0.05, 0.1) is 19.3 Å². The Bertz CT molecular complexity index is 807. The van der Waals surface area contributed by atoms with Crippen LogP contribution in [0.1, 0.15) is 86.5 Å². The quantitative estimate of drug-likeness (QED) is 0.0831. The van der Waals surface area contributed by atoms with Crippen LogP contribution in [0.5, 0.6) is 0 Å². The molecule has 1 saturated heterocycles. The molecule has 0 saturated carbocycles. The highest BCUT2D eigenvalue weighted by molar-refractivity contribution is 6.74. The van der Waals surface area contributed by atoms with Crippen molar-refractivity contribution in [2.24, 2.45) is 0 Å². The Balaban J connectivity index is 2.66. The van der Waals surface area contributed by atoms with Crippen molar-refractivity contribution in [1.29, 1.82) is 0 Å². The summed E-state index contributed by atoms with van der Waals surface area (Å²) < 4.78 is 23.4. The monoisotopic (exact) mass is 518 g/mol. The van der Waals surface area contributed by atoms with Crippen LogP contribution in [0.15, 0.2) is 36.5 Å². The van der Waals surface area contributed by atoms with E-state index in [1.165, 1.54) is 26.4 Å². The molecule has 1 fully saturated rings. The van der Waals surface area contributed by atoms with E-state index >= 15 is 0 Å². The van der Waals surface area contributed by atoms with Crippen LogP contribution in [-0.2, 0) is 23.4 Å². The van der Waals surface area contributed by atoms with E-state index in [1.807, 2.05) is 44.2 Å². The molecular weight excluding hydrogens is 468 g/mol. The van der Waals surface area contributed by atoms with Crippen LogP contribution >= 0.6 is 0 Å². The van der Waals surface area contributed by atoms with Gasteiger partial charge in [0.2, 0.25) is 0 Å². The van der Waals surface area contributed by atoms with E-state index in [4.69, 9.17) is 18.6 Å². The Labute approximate surface area is 221 Å². The zero-order valence-electron chi connectivity index (χ0n) is 24.2. The van der Waals surface area contributed by atoms with E-state index in [-0.39, 0.29) is 29.3 Å². The van der Waals surface area contributed by atoms with Gasteiger partial charge in [-0.1, -0.05) is 77.0 Å². The molecule has 0 aromatic heterocycles. The summed E-state index contributed by atoms with van der Waals surface area (Å²) in [5, 5.41) is 0.189. The molecule has 1 rings (SSSR count). The normalized spacial score (nSPS) is 21.2. The molecule has 1 aliphatic heterocycles. The predicted molar refractivity (Wildman–Crippen MR) is 151 cm³/mol. The summed E-state index contributed by atoms with van der Waals surface area (Å²) in [4.78, 5) is 11.4. The number of methoxy groups -OCH3 is 1. The van der Waals surface area contributed by atoms with Gasteiger partial charge in [-0.3, -0.25) is 4.79 Å². The predicted octanol–water partition coefficient (Wildman–Crippen LogP) is 7.49. The van der Waals surface area contributed by atoms with Gasteiger partial charge in [-0.15, -0.1) is 0 Å². The summed E-state index contributed by atoms with van der Waals surface area (Å²) >= 11 is 0.